The first-order chi connectivity index (χ1) is 13.9. The summed E-state index contributed by atoms with van der Waals surface area (Å²) in [5.74, 6) is -0.564. The number of allylic oxidation sites excluding steroid dienone is 1. The van der Waals surface area contributed by atoms with Crippen LogP contribution < -0.4 is 4.90 Å². The van der Waals surface area contributed by atoms with Crippen LogP contribution >= 0.6 is 11.6 Å². The fraction of sp³-hybridized carbons (Fsp3) is 0.0870. The lowest BCUT2D eigenvalue weighted by Gasteiger charge is -2.29. The van der Waals surface area contributed by atoms with Crippen molar-refractivity contribution in [3.05, 3.63) is 100 Å². The molecule has 0 unspecified atom stereocenters. The van der Waals surface area contributed by atoms with Crippen LogP contribution in [0.25, 0.3) is 0 Å². The van der Waals surface area contributed by atoms with Gasteiger partial charge in [-0.2, -0.15) is 0 Å². The van der Waals surface area contributed by atoms with E-state index in [1.807, 2.05) is 24.3 Å². The van der Waals surface area contributed by atoms with Crippen LogP contribution in [0.3, 0.4) is 0 Å². The third-order valence-electron chi connectivity index (χ3n) is 4.90. The number of ketones is 1. The number of para-hydroxylation sites is 1. The zero-order chi connectivity index (χ0) is 20.6. The zero-order valence-corrected chi connectivity index (χ0v) is 17.2. The Bertz CT molecular complexity index is 1210. The van der Waals surface area contributed by atoms with Crippen molar-refractivity contribution in [2.45, 2.75) is 18.2 Å². The lowest BCUT2D eigenvalue weighted by Crippen LogP contribution is -2.25. The van der Waals surface area contributed by atoms with Crippen molar-refractivity contribution in [2.24, 2.45) is 0 Å². The molecule has 0 aromatic heterocycles. The number of carbonyl (C=O) groups excluding carboxylic acids is 1. The van der Waals surface area contributed by atoms with Crippen molar-refractivity contribution >= 4 is 38.6 Å². The molecule has 0 spiro atoms. The third kappa shape index (κ3) is 3.48. The molecule has 1 aliphatic heterocycles. The summed E-state index contributed by atoms with van der Waals surface area (Å²) < 4.78 is 26.4. The number of benzene rings is 3. The van der Waals surface area contributed by atoms with Gasteiger partial charge in [0, 0.05) is 22.5 Å². The van der Waals surface area contributed by atoms with Crippen LogP contribution in [0.2, 0.25) is 5.02 Å². The molecule has 1 aliphatic rings. The van der Waals surface area contributed by atoms with E-state index in [1.54, 1.807) is 35.2 Å². The molecule has 146 valence electrons. The van der Waals surface area contributed by atoms with Crippen molar-refractivity contribution in [2.75, 3.05) is 4.90 Å². The maximum atomic E-state index is 13.2. The molecule has 4 nitrogen and oxygen atoms in total. The number of rotatable bonds is 4. The Morgan fingerprint density at radius 3 is 2.24 bits per heavy atom. The quantitative estimate of drug-likeness (QED) is 0.516. The highest BCUT2D eigenvalue weighted by Gasteiger charge is 2.35. The molecule has 0 N–H and O–H groups in total. The third-order valence-corrected chi connectivity index (χ3v) is 6.95. The minimum atomic E-state index is -3.96. The van der Waals surface area contributed by atoms with E-state index in [4.69, 9.17) is 11.6 Å². The highest BCUT2D eigenvalue weighted by Crippen LogP contribution is 2.40. The fourth-order valence-corrected chi connectivity index (χ4v) is 4.96. The molecule has 1 heterocycles. The molecule has 0 radical (unpaired) electrons. The average molecular weight is 424 g/mol. The van der Waals surface area contributed by atoms with Gasteiger partial charge in [-0.1, -0.05) is 42.8 Å². The van der Waals surface area contributed by atoms with Crippen LogP contribution in [0.1, 0.15) is 22.8 Å². The highest BCUT2D eigenvalue weighted by atomic mass is 35.5. The smallest absolute Gasteiger partial charge is 0.214 e. The molecular weight excluding hydrogens is 406 g/mol. The van der Waals surface area contributed by atoms with E-state index in [0.717, 1.165) is 12.1 Å². The predicted molar refractivity (Wildman–Crippen MR) is 115 cm³/mol. The molecule has 6 heteroatoms. The van der Waals surface area contributed by atoms with Gasteiger partial charge in [0.25, 0.3) is 0 Å². The van der Waals surface area contributed by atoms with Crippen LogP contribution in [-0.4, -0.2) is 14.2 Å². The Kier molecular flexibility index (Phi) is 5.03. The van der Waals surface area contributed by atoms with Crippen LogP contribution in [-0.2, 0) is 16.3 Å². The van der Waals surface area contributed by atoms with Crippen LogP contribution in [0.15, 0.2) is 88.8 Å². The lowest BCUT2D eigenvalue weighted by atomic mass is 10.1. The van der Waals surface area contributed by atoms with Gasteiger partial charge in [-0.05, 0) is 60.5 Å². The molecule has 0 amide bonds. The summed E-state index contributed by atoms with van der Waals surface area (Å²) >= 11 is 5.90. The molecule has 0 aliphatic carbocycles. The lowest BCUT2D eigenvalue weighted by molar-refractivity contribution is 0.104. The number of carbonyl (C=O) groups is 1. The summed E-state index contributed by atoms with van der Waals surface area (Å²) in [5.41, 5.74) is 2.74. The Hall–Kier alpha value is -2.89. The molecule has 3 aromatic carbocycles. The van der Waals surface area contributed by atoms with Gasteiger partial charge in [-0.15, -0.1) is 0 Å². The van der Waals surface area contributed by atoms with E-state index in [-0.39, 0.29) is 15.4 Å². The molecule has 29 heavy (non-hydrogen) atoms. The summed E-state index contributed by atoms with van der Waals surface area (Å²) in [6.45, 7) is 2.07. The normalized spacial score (nSPS) is 14.8. The van der Waals surface area contributed by atoms with Crippen molar-refractivity contribution in [1.29, 1.82) is 0 Å². The van der Waals surface area contributed by atoms with Gasteiger partial charge in [0.1, 0.15) is 4.91 Å². The minimum absolute atomic E-state index is 0.111. The van der Waals surface area contributed by atoms with Crippen molar-refractivity contribution in [3.63, 3.8) is 0 Å². The number of aryl methyl sites for hydroxylation is 1. The maximum absolute atomic E-state index is 13.2. The predicted octanol–water partition coefficient (Wildman–Crippen LogP) is 5.55. The Balaban J connectivity index is 1.88. The topological polar surface area (TPSA) is 54.5 Å². The van der Waals surface area contributed by atoms with E-state index >= 15 is 0 Å². The standard InChI is InChI=1S/C23H18ClNO3S/c1-2-16-7-13-19(14-8-16)25-15-22(23(26)17-9-11-18(24)12-10-17)29(27,28)21-6-4-3-5-20(21)25/h3-15H,2H2,1H3. The van der Waals surface area contributed by atoms with E-state index in [1.165, 1.54) is 30.0 Å². The molecule has 0 saturated carbocycles. The van der Waals surface area contributed by atoms with Gasteiger partial charge >= 0.3 is 0 Å². The summed E-state index contributed by atoms with van der Waals surface area (Å²) in [5, 5.41) is 0.477. The van der Waals surface area contributed by atoms with Gasteiger partial charge in [0.2, 0.25) is 15.6 Å². The highest BCUT2D eigenvalue weighted by molar-refractivity contribution is 7.96. The number of nitrogens with zero attached hydrogens (tertiary/aromatic N) is 1. The van der Waals surface area contributed by atoms with Crippen LogP contribution in [0.4, 0.5) is 11.4 Å². The minimum Gasteiger partial charge on any atom is -0.314 e. The van der Waals surface area contributed by atoms with E-state index in [9.17, 15) is 13.2 Å². The monoisotopic (exact) mass is 423 g/mol. The van der Waals surface area contributed by atoms with Gasteiger partial charge in [0.15, 0.2) is 0 Å². The summed E-state index contributed by atoms with van der Waals surface area (Å²) in [4.78, 5) is 14.7. The van der Waals surface area contributed by atoms with Crippen molar-refractivity contribution in [3.8, 4) is 0 Å². The van der Waals surface area contributed by atoms with Gasteiger partial charge in [-0.3, -0.25) is 4.79 Å². The number of anilines is 2. The molecular formula is C23H18ClNO3S. The number of fused-ring (bicyclic) bond motifs is 1. The van der Waals surface area contributed by atoms with E-state index in [0.29, 0.717) is 10.7 Å². The number of hydrogen-bond acceptors (Lipinski definition) is 4. The second kappa shape index (κ2) is 7.50. The van der Waals surface area contributed by atoms with Gasteiger partial charge in [-0.25, -0.2) is 8.42 Å². The van der Waals surface area contributed by atoms with Crippen molar-refractivity contribution < 1.29 is 13.2 Å². The SMILES string of the molecule is CCc1ccc(N2C=C(C(=O)c3ccc(Cl)cc3)S(=O)(=O)c3ccccc32)cc1. The van der Waals surface area contributed by atoms with E-state index in [2.05, 4.69) is 6.92 Å². The molecule has 0 fully saturated rings. The average Bonchev–Trinajstić information content (AvgIpc) is 2.74. The molecule has 0 bridgehead atoms. The second-order valence-corrected chi connectivity index (χ2v) is 9.01. The largest absolute Gasteiger partial charge is 0.314 e. The number of Topliss-reactive ketones (excluding diaryl/α,β-unsaturated/α-hetero) is 1. The van der Waals surface area contributed by atoms with Crippen LogP contribution in [0.5, 0.6) is 0 Å². The van der Waals surface area contributed by atoms with E-state index < -0.39 is 15.6 Å². The van der Waals surface area contributed by atoms with Gasteiger partial charge in [0.05, 0.1) is 10.6 Å². The first-order valence-corrected chi connectivity index (χ1v) is 11.0. The summed E-state index contributed by atoms with van der Waals surface area (Å²) in [6.07, 6.45) is 2.32. The molecule has 0 saturated heterocycles. The number of hydrogen-bond donors (Lipinski definition) is 0. The number of halogens is 1. The summed E-state index contributed by atoms with van der Waals surface area (Å²) in [6, 6.07) is 20.7. The molecule has 4 rings (SSSR count). The Labute approximate surface area is 175 Å². The second-order valence-electron chi connectivity index (χ2n) is 6.69. The van der Waals surface area contributed by atoms with Crippen molar-refractivity contribution in [1.82, 2.24) is 0 Å². The van der Waals surface area contributed by atoms with Gasteiger partial charge < -0.3 is 4.90 Å². The Morgan fingerprint density at radius 2 is 1.59 bits per heavy atom. The zero-order valence-electron chi connectivity index (χ0n) is 15.7. The van der Waals surface area contributed by atoms with Crippen LogP contribution in [0, 0.1) is 0 Å². The number of sulfone groups is 1. The first-order valence-electron chi connectivity index (χ1n) is 9.16. The molecule has 3 aromatic rings. The molecule has 0 atom stereocenters. The maximum Gasteiger partial charge on any atom is 0.214 e. The Morgan fingerprint density at radius 1 is 0.931 bits per heavy atom. The summed E-state index contributed by atoms with van der Waals surface area (Å²) in [7, 11) is -3.96. The first kappa shape index (κ1) is 19.4. The fourth-order valence-electron chi connectivity index (χ4n) is 3.29.